The number of benzene rings is 1. The third kappa shape index (κ3) is 3.12. The molecule has 0 aromatic heterocycles. The van der Waals surface area contributed by atoms with Crippen molar-refractivity contribution < 1.29 is 33.3 Å². The summed E-state index contributed by atoms with van der Waals surface area (Å²) in [6, 6.07) is 9.54. The molecular weight excluding hydrogens is 366 g/mol. The molecule has 1 aromatic rings. The van der Waals surface area contributed by atoms with E-state index in [0.717, 1.165) is 5.56 Å². The zero-order valence-electron chi connectivity index (χ0n) is 15.8. The van der Waals surface area contributed by atoms with E-state index in [1.54, 1.807) is 13.8 Å². The van der Waals surface area contributed by atoms with Gasteiger partial charge in [-0.1, -0.05) is 36.9 Å². The lowest BCUT2D eigenvalue weighted by atomic mass is 9.87. The van der Waals surface area contributed by atoms with E-state index in [4.69, 9.17) is 29.4 Å². The number of carbonyl (C=O) groups is 2. The van der Waals surface area contributed by atoms with Gasteiger partial charge >= 0.3 is 5.97 Å². The first-order chi connectivity index (χ1) is 13.2. The standard InChI is InChI=1S/C20H23NO7/c1-11-9-20(18(21)23,27-16(11)22)15-13(24-10-12-7-5-4-6-8-12)14-17(25-15)28-19(2,3)26-14/h4-8,13-15,17H,1,9-10H2,2-3H3,(H2,21,23)/t13-,14-,15+,17-,20+/m1/s1. The van der Waals surface area contributed by atoms with Gasteiger partial charge in [0.1, 0.15) is 18.3 Å². The quantitative estimate of drug-likeness (QED) is 0.595. The molecule has 8 nitrogen and oxygen atoms in total. The van der Waals surface area contributed by atoms with Crippen LogP contribution >= 0.6 is 0 Å². The molecule has 0 saturated carbocycles. The van der Waals surface area contributed by atoms with Crippen molar-refractivity contribution in [3.63, 3.8) is 0 Å². The summed E-state index contributed by atoms with van der Waals surface area (Å²) in [6.07, 6.45) is -3.17. The maximum Gasteiger partial charge on any atom is 0.334 e. The molecule has 3 heterocycles. The lowest BCUT2D eigenvalue weighted by Crippen LogP contribution is -2.58. The Balaban J connectivity index is 1.64. The van der Waals surface area contributed by atoms with E-state index in [9.17, 15) is 9.59 Å². The van der Waals surface area contributed by atoms with Crippen LogP contribution in [-0.2, 0) is 39.9 Å². The second kappa shape index (κ2) is 6.66. The van der Waals surface area contributed by atoms with Gasteiger partial charge in [0.2, 0.25) is 5.60 Å². The summed E-state index contributed by atoms with van der Waals surface area (Å²) < 4.78 is 29.2. The van der Waals surface area contributed by atoms with Crippen LogP contribution in [0.4, 0.5) is 0 Å². The Bertz CT molecular complexity index is 790. The van der Waals surface area contributed by atoms with Crippen molar-refractivity contribution >= 4 is 11.9 Å². The van der Waals surface area contributed by atoms with Crippen LogP contribution in [0.2, 0.25) is 0 Å². The number of fused-ring (bicyclic) bond motifs is 1. The number of rotatable bonds is 5. The Morgan fingerprint density at radius 1 is 1.29 bits per heavy atom. The van der Waals surface area contributed by atoms with Crippen LogP contribution in [-0.4, -0.2) is 47.9 Å². The van der Waals surface area contributed by atoms with Gasteiger partial charge in [-0.2, -0.15) is 0 Å². The topological polar surface area (TPSA) is 106 Å². The summed E-state index contributed by atoms with van der Waals surface area (Å²) >= 11 is 0. The number of esters is 1. The van der Waals surface area contributed by atoms with Crippen LogP contribution in [0.5, 0.6) is 0 Å². The van der Waals surface area contributed by atoms with E-state index in [1.165, 1.54) is 0 Å². The maximum absolute atomic E-state index is 12.4. The van der Waals surface area contributed by atoms with Gasteiger partial charge in [0.15, 0.2) is 12.1 Å². The smallest absolute Gasteiger partial charge is 0.334 e. The number of primary amides is 1. The first-order valence-electron chi connectivity index (χ1n) is 9.09. The highest BCUT2D eigenvalue weighted by atomic mass is 16.8. The fourth-order valence-corrected chi connectivity index (χ4v) is 3.90. The van der Waals surface area contributed by atoms with Gasteiger partial charge in [0.05, 0.1) is 6.61 Å². The minimum atomic E-state index is -1.71. The molecule has 2 N–H and O–H groups in total. The molecule has 3 saturated heterocycles. The predicted octanol–water partition coefficient (Wildman–Crippen LogP) is 1.18. The van der Waals surface area contributed by atoms with Crippen molar-refractivity contribution in [2.24, 2.45) is 5.73 Å². The zero-order chi connectivity index (χ0) is 20.1. The molecule has 3 aliphatic rings. The molecule has 8 heteroatoms. The number of carbonyl (C=O) groups excluding carboxylic acids is 2. The van der Waals surface area contributed by atoms with Gasteiger partial charge in [-0.15, -0.1) is 0 Å². The highest BCUT2D eigenvalue weighted by Gasteiger charge is 2.66. The largest absolute Gasteiger partial charge is 0.442 e. The van der Waals surface area contributed by atoms with Crippen LogP contribution in [0, 0.1) is 0 Å². The third-order valence-corrected chi connectivity index (χ3v) is 5.19. The van der Waals surface area contributed by atoms with Crippen LogP contribution in [0.15, 0.2) is 42.5 Å². The van der Waals surface area contributed by atoms with Crippen LogP contribution in [0.3, 0.4) is 0 Å². The first-order valence-corrected chi connectivity index (χ1v) is 9.09. The molecule has 28 heavy (non-hydrogen) atoms. The van der Waals surface area contributed by atoms with Crippen LogP contribution in [0.25, 0.3) is 0 Å². The summed E-state index contributed by atoms with van der Waals surface area (Å²) in [4.78, 5) is 24.4. The van der Waals surface area contributed by atoms with Crippen molar-refractivity contribution in [2.75, 3.05) is 0 Å². The molecule has 0 aliphatic carbocycles. The number of nitrogens with two attached hydrogens (primary N) is 1. The van der Waals surface area contributed by atoms with Crippen molar-refractivity contribution in [3.05, 3.63) is 48.0 Å². The van der Waals surface area contributed by atoms with Gasteiger partial charge in [-0.05, 0) is 19.4 Å². The Kier molecular flexibility index (Phi) is 4.54. The molecule has 4 rings (SSSR count). The van der Waals surface area contributed by atoms with Gasteiger partial charge in [0.25, 0.3) is 5.91 Å². The van der Waals surface area contributed by atoms with E-state index < -0.39 is 47.9 Å². The number of hydrogen-bond donors (Lipinski definition) is 1. The number of ether oxygens (including phenoxy) is 5. The van der Waals surface area contributed by atoms with E-state index in [2.05, 4.69) is 6.58 Å². The molecule has 0 spiro atoms. The van der Waals surface area contributed by atoms with Crippen LogP contribution < -0.4 is 5.73 Å². The SMILES string of the molecule is C=C1C[C@@](C(N)=O)([C@H]2O[C@@H]3OC(C)(C)O[C@@H]3[C@H]2OCc2ccccc2)OC1=O. The molecule has 0 unspecified atom stereocenters. The molecule has 3 fully saturated rings. The van der Waals surface area contributed by atoms with Gasteiger partial charge in [-0.25, -0.2) is 4.79 Å². The normalized spacial score (nSPS) is 36.4. The molecule has 0 radical (unpaired) electrons. The lowest BCUT2D eigenvalue weighted by Gasteiger charge is -2.34. The lowest BCUT2D eigenvalue weighted by molar-refractivity contribution is -0.242. The molecule has 3 aliphatic heterocycles. The summed E-state index contributed by atoms with van der Waals surface area (Å²) in [6.45, 7) is 7.44. The summed E-state index contributed by atoms with van der Waals surface area (Å²) in [5, 5.41) is 0. The Morgan fingerprint density at radius 3 is 2.61 bits per heavy atom. The zero-order valence-corrected chi connectivity index (χ0v) is 15.8. The first kappa shape index (κ1) is 19.1. The van der Waals surface area contributed by atoms with E-state index in [1.807, 2.05) is 30.3 Å². The number of amides is 1. The van der Waals surface area contributed by atoms with Crippen molar-refractivity contribution in [1.29, 1.82) is 0 Å². The molecule has 0 bridgehead atoms. The van der Waals surface area contributed by atoms with E-state index in [0.29, 0.717) is 0 Å². The fraction of sp³-hybridized carbons (Fsp3) is 0.500. The average Bonchev–Trinajstić information content (AvgIpc) is 3.22. The van der Waals surface area contributed by atoms with Crippen LogP contribution in [0.1, 0.15) is 25.8 Å². The van der Waals surface area contributed by atoms with E-state index in [-0.39, 0.29) is 18.6 Å². The fourth-order valence-electron chi connectivity index (χ4n) is 3.90. The minimum Gasteiger partial charge on any atom is -0.442 e. The second-order valence-electron chi connectivity index (χ2n) is 7.71. The van der Waals surface area contributed by atoms with Crippen molar-refractivity contribution in [2.45, 2.75) is 62.9 Å². The summed E-state index contributed by atoms with van der Waals surface area (Å²) in [7, 11) is 0. The van der Waals surface area contributed by atoms with Crippen molar-refractivity contribution in [1.82, 2.24) is 0 Å². The summed E-state index contributed by atoms with van der Waals surface area (Å²) in [5.41, 5.74) is 5.01. The van der Waals surface area contributed by atoms with Gasteiger partial charge in [-0.3, -0.25) is 4.79 Å². The Labute approximate surface area is 162 Å². The van der Waals surface area contributed by atoms with Gasteiger partial charge < -0.3 is 29.4 Å². The van der Waals surface area contributed by atoms with Gasteiger partial charge in [0, 0.05) is 12.0 Å². The molecular formula is C20H23NO7. The molecule has 1 aromatic carbocycles. The highest BCUT2D eigenvalue weighted by molar-refractivity contribution is 5.98. The highest BCUT2D eigenvalue weighted by Crippen LogP contribution is 2.46. The molecule has 5 atom stereocenters. The Hall–Kier alpha value is -2.26. The number of hydrogen-bond acceptors (Lipinski definition) is 7. The predicted molar refractivity (Wildman–Crippen MR) is 95.5 cm³/mol. The second-order valence-corrected chi connectivity index (χ2v) is 7.71. The molecule has 1 amide bonds. The maximum atomic E-state index is 12.4. The monoisotopic (exact) mass is 389 g/mol. The number of cyclic esters (lactones) is 1. The average molecular weight is 389 g/mol. The molecule has 150 valence electrons. The Morgan fingerprint density at radius 2 is 2.00 bits per heavy atom. The van der Waals surface area contributed by atoms with Crippen molar-refractivity contribution in [3.8, 4) is 0 Å². The third-order valence-electron chi connectivity index (χ3n) is 5.19. The summed E-state index contributed by atoms with van der Waals surface area (Å²) in [5.74, 6) is -2.37. The van der Waals surface area contributed by atoms with E-state index >= 15 is 0 Å². The minimum absolute atomic E-state index is 0.0696.